The zero-order valence-corrected chi connectivity index (χ0v) is 6.06. The number of allylic oxidation sites excluding steroid dienone is 1. The molecule has 2 N–H and O–H groups in total. The minimum atomic E-state index is 0.615. The molecule has 9 heavy (non-hydrogen) atoms. The zero-order valence-electron chi connectivity index (χ0n) is 6.06. The molecule has 52 valence electrons. The topological polar surface area (TPSA) is 26.0 Å². The summed E-state index contributed by atoms with van der Waals surface area (Å²) < 4.78 is 0. The molecule has 0 aromatic carbocycles. The summed E-state index contributed by atoms with van der Waals surface area (Å²) in [7, 11) is 0. The standard InChI is InChI=1S/C8H15N/c1-3-5-6-8(4-2)7-9/h4,6H,2-3,5,7,9H2,1H3/b8-6+. The molecule has 0 rings (SSSR count). The fourth-order valence-corrected chi connectivity index (χ4v) is 0.580. The Labute approximate surface area is 57.3 Å². The second-order valence-corrected chi connectivity index (χ2v) is 1.98. The van der Waals surface area contributed by atoms with Gasteiger partial charge < -0.3 is 5.73 Å². The van der Waals surface area contributed by atoms with E-state index in [4.69, 9.17) is 5.73 Å². The van der Waals surface area contributed by atoms with Crippen LogP contribution in [0.3, 0.4) is 0 Å². The molecule has 0 aromatic heterocycles. The van der Waals surface area contributed by atoms with E-state index in [-0.39, 0.29) is 0 Å². The van der Waals surface area contributed by atoms with Crippen molar-refractivity contribution >= 4 is 0 Å². The Morgan fingerprint density at radius 2 is 2.33 bits per heavy atom. The molecule has 0 atom stereocenters. The molecule has 0 unspecified atom stereocenters. The van der Waals surface area contributed by atoms with Gasteiger partial charge in [-0.3, -0.25) is 0 Å². The van der Waals surface area contributed by atoms with Crippen molar-refractivity contribution in [1.29, 1.82) is 0 Å². The summed E-state index contributed by atoms with van der Waals surface area (Å²) in [5.74, 6) is 0. The van der Waals surface area contributed by atoms with E-state index in [1.54, 1.807) is 0 Å². The molecule has 0 aliphatic carbocycles. The molecule has 0 spiro atoms. The van der Waals surface area contributed by atoms with Gasteiger partial charge in [0.05, 0.1) is 0 Å². The Morgan fingerprint density at radius 1 is 1.67 bits per heavy atom. The highest BCUT2D eigenvalue weighted by atomic mass is 14.5. The summed E-state index contributed by atoms with van der Waals surface area (Å²) in [6.45, 7) is 6.40. The second kappa shape index (κ2) is 5.57. The first-order valence-electron chi connectivity index (χ1n) is 3.36. The number of hydrogen-bond donors (Lipinski definition) is 1. The van der Waals surface area contributed by atoms with Crippen molar-refractivity contribution in [3.05, 3.63) is 24.3 Å². The van der Waals surface area contributed by atoms with Gasteiger partial charge in [0.2, 0.25) is 0 Å². The van der Waals surface area contributed by atoms with Gasteiger partial charge in [0.25, 0.3) is 0 Å². The molecule has 0 aromatic rings. The van der Waals surface area contributed by atoms with Gasteiger partial charge in [-0.25, -0.2) is 0 Å². The minimum absolute atomic E-state index is 0.615. The second-order valence-electron chi connectivity index (χ2n) is 1.98. The lowest BCUT2D eigenvalue weighted by Gasteiger charge is -1.93. The fraction of sp³-hybridized carbons (Fsp3) is 0.500. The summed E-state index contributed by atoms with van der Waals surface area (Å²) in [5.41, 5.74) is 6.53. The molecule has 0 aliphatic rings. The van der Waals surface area contributed by atoms with Crippen LogP contribution in [0, 0.1) is 0 Å². The summed E-state index contributed by atoms with van der Waals surface area (Å²) in [5, 5.41) is 0. The Bertz CT molecular complexity index is 103. The van der Waals surface area contributed by atoms with Crippen molar-refractivity contribution in [3.8, 4) is 0 Å². The van der Waals surface area contributed by atoms with E-state index in [1.807, 2.05) is 6.08 Å². The minimum Gasteiger partial charge on any atom is -0.327 e. The van der Waals surface area contributed by atoms with Gasteiger partial charge in [0, 0.05) is 6.54 Å². The van der Waals surface area contributed by atoms with E-state index in [0.29, 0.717) is 6.54 Å². The molecule has 0 fully saturated rings. The summed E-state index contributed by atoms with van der Waals surface area (Å²) in [6, 6.07) is 0. The van der Waals surface area contributed by atoms with E-state index >= 15 is 0 Å². The van der Waals surface area contributed by atoms with E-state index < -0.39 is 0 Å². The van der Waals surface area contributed by atoms with Gasteiger partial charge in [0.15, 0.2) is 0 Å². The van der Waals surface area contributed by atoms with E-state index in [1.165, 1.54) is 6.42 Å². The molecular formula is C8H15N. The SMILES string of the molecule is C=C/C(=C\CCC)CN. The molecule has 1 nitrogen and oxygen atoms in total. The Morgan fingerprint density at radius 3 is 2.67 bits per heavy atom. The third kappa shape index (κ3) is 3.98. The molecule has 1 heteroatoms. The van der Waals surface area contributed by atoms with Crippen LogP contribution >= 0.6 is 0 Å². The van der Waals surface area contributed by atoms with Crippen LogP contribution in [0.2, 0.25) is 0 Å². The van der Waals surface area contributed by atoms with Gasteiger partial charge in [-0.1, -0.05) is 32.1 Å². The highest BCUT2D eigenvalue weighted by molar-refractivity contribution is 5.16. The summed E-state index contributed by atoms with van der Waals surface area (Å²) in [4.78, 5) is 0. The van der Waals surface area contributed by atoms with Crippen molar-refractivity contribution < 1.29 is 0 Å². The number of unbranched alkanes of at least 4 members (excludes halogenated alkanes) is 1. The van der Waals surface area contributed by atoms with Gasteiger partial charge in [0.1, 0.15) is 0 Å². The molecule has 0 amide bonds. The Balaban J connectivity index is 3.61. The fourth-order valence-electron chi connectivity index (χ4n) is 0.580. The Kier molecular flexibility index (Phi) is 5.23. The normalized spacial score (nSPS) is 11.6. The predicted octanol–water partition coefficient (Wildman–Crippen LogP) is 1.86. The van der Waals surface area contributed by atoms with Crippen LogP contribution in [0.4, 0.5) is 0 Å². The Hall–Kier alpha value is -0.560. The summed E-state index contributed by atoms with van der Waals surface area (Å²) in [6.07, 6.45) is 6.23. The maximum atomic E-state index is 5.38. The van der Waals surface area contributed by atoms with Gasteiger partial charge in [-0.05, 0) is 12.0 Å². The molecule has 0 radical (unpaired) electrons. The van der Waals surface area contributed by atoms with Crippen molar-refractivity contribution in [2.45, 2.75) is 19.8 Å². The maximum Gasteiger partial charge on any atom is 0.0174 e. The highest BCUT2D eigenvalue weighted by Gasteiger charge is 1.83. The van der Waals surface area contributed by atoms with E-state index in [2.05, 4.69) is 19.6 Å². The van der Waals surface area contributed by atoms with Crippen molar-refractivity contribution in [2.24, 2.45) is 5.73 Å². The lowest BCUT2D eigenvalue weighted by atomic mass is 10.2. The van der Waals surface area contributed by atoms with E-state index in [9.17, 15) is 0 Å². The predicted molar refractivity (Wildman–Crippen MR) is 42.2 cm³/mol. The number of nitrogens with two attached hydrogens (primary N) is 1. The lowest BCUT2D eigenvalue weighted by Crippen LogP contribution is -2.00. The average molecular weight is 125 g/mol. The smallest absolute Gasteiger partial charge is 0.0174 e. The van der Waals surface area contributed by atoms with Crippen molar-refractivity contribution in [1.82, 2.24) is 0 Å². The average Bonchev–Trinajstić information content (AvgIpc) is 1.91. The first-order chi connectivity index (χ1) is 4.35. The van der Waals surface area contributed by atoms with Crippen LogP contribution in [-0.2, 0) is 0 Å². The van der Waals surface area contributed by atoms with Crippen molar-refractivity contribution in [2.75, 3.05) is 6.54 Å². The molecule has 0 saturated heterocycles. The first kappa shape index (κ1) is 8.44. The van der Waals surface area contributed by atoms with Crippen molar-refractivity contribution in [3.63, 3.8) is 0 Å². The monoisotopic (exact) mass is 125 g/mol. The van der Waals surface area contributed by atoms with E-state index in [0.717, 1.165) is 12.0 Å². The van der Waals surface area contributed by atoms with Crippen LogP contribution < -0.4 is 5.73 Å². The largest absolute Gasteiger partial charge is 0.327 e. The van der Waals surface area contributed by atoms with Gasteiger partial charge >= 0.3 is 0 Å². The lowest BCUT2D eigenvalue weighted by molar-refractivity contribution is 0.946. The number of rotatable bonds is 4. The summed E-state index contributed by atoms with van der Waals surface area (Å²) >= 11 is 0. The molecule has 0 aliphatic heterocycles. The molecule has 0 bridgehead atoms. The molecule has 0 saturated carbocycles. The first-order valence-corrected chi connectivity index (χ1v) is 3.36. The third-order valence-electron chi connectivity index (χ3n) is 1.19. The molecular weight excluding hydrogens is 110 g/mol. The van der Waals surface area contributed by atoms with Crippen LogP contribution in [-0.4, -0.2) is 6.54 Å². The zero-order chi connectivity index (χ0) is 7.11. The number of hydrogen-bond acceptors (Lipinski definition) is 1. The maximum absolute atomic E-state index is 5.38. The third-order valence-corrected chi connectivity index (χ3v) is 1.19. The van der Waals surface area contributed by atoms with Crippen LogP contribution in [0.25, 0.3) is 0 Å². The highest BCUT2D eigenvalue weighted by Crippen LogP contribution is 1.96. The van der Waals surface area contributed by atoms with Crippen LogP contribution in [0.15, 0.2) is 24.3 Å². The quantitative estimate of drug-likeness (QED) is 0.570. The van der Waals surface area contributed by atoms with Crippen LogP contribution in [0.1, 0.15) is 19.8 Å². The van der Waals surface area contributed by atoms with Gasteiger partial charge in [-0.15, -0.1) is 0 Å². The van der Waals surface area contributed by atoms with Crippen LogP contribution in [0.5, 0.6) is 0 Å². The van der Waals surface area contributed by atoms with Gasteiger partial charge in [-0.2, -0.15) is 0 Å². The molecule has 0 heterocycles.